The molecular formula is C52H105N11O5. The molecule has 3 atom stereocenters. The van der Waals surface area contributed by atoms with Crippen molar-refractivity contribution in [3.8, 4) is 0 Å². The Hall–Kier alpha value is -3.50. The van der Waals surface area contributed by atoms with E-state index >= 15 is 0 Å². The van der Waals surface area contributed by atoms with Crippen LogP contribution in [0.5, 0.6) is 0 Å². The Balaban J connectivity index is 5.31. The molecule has 0 radical (unpaired) electrons. The number of primary amides is 1. The van der Waals surface area contributed by atoms with E-state index in [9.17, 15) is 24.0 Å². The molecule has 0 aromatic carbocycles. The molecule has 0 aliphatic rings. The predicted molar refractivity (Wildman–Crippen MR) is 282 cm³/mol. The van der Waals surface area contributed by atoms with Crippen LogP contribution in [0.2, 0.25) is 0 Å². The van der Waals surface area contributed by atoms with Gasteiger partial charge >= 0.3 is 0 Å². The minimum atomic E-state index is -1.22. The summed E-state index contributed by atoms with van der Waals surface area (Å²) in [4.78, 5) is 70.3. The summed E-state index contributed by atoms with van der Waals surface area (Å²) in [6.07, 6.45) is 38.9. The molecule has 1 unspecified atom stereocenters. The lowest BCUT2D eigenvalue weighted by Crippen LogP contribution is -2.55. The van der Waals surface area contributed by atoms with Gasteiger partial charge in [-0.15, -0.1) is 0 Å². The molecule has 0 aromatic rings. The van der Waals surface area contributed by atoms with Crippen molar-refractivity contribution >= 4 is 35.5 Å². The number of rotatable bonds is 50. The number of amides is 5. The van der Waals surface area contributed by atoms with Crippen LogP contribution in [-0.2, 0) is 24.0 Å². The standard InChI is InChI=1S/C52H105N11O5/c1-3-5-7-9-11-13-15-17-19-21-23-25-27-31-39-63(40-32-28-26-24-22-20-18-16-14-12-10-8-6-4-2)41-38-58-50(67)45(34-29-30-36-53)62-51(68)46(35-33-37-59-52(56)57)61-48(65)43-60-49(66)44(54)42-47(55)64/h44-46H,3-43,53-54H2,1-2H3,(H2,55,64)(H,58,67)(H,60,66)(H,61,65)(H,62,68)(H4,56,57,59)/t44?,45-,46+/m1/s1. The first-order chi connectivity index (χ1) is 32.9. The van der Waals surface area contributed by atoms with Crippen LogP contribution in [0.1, 0.15) is 232 Å². The van der Waals surface area contributed by atoms with Crippen LogP contribution in [-0.4, -0.2) is 104 Å². The molecule has 0 aromatic heterocycles. The van der Waals surface area contributed by atoms with Gasteiger partial charge in [-0.05, 0) is 64.6 Å². The van der Waals surface area contributed by atoms with Gasteiger partial charge in [-0.25, -0.2) is 0 Å². The van der Waals surface area contributed by atoms with Crippen LogP contribution in [0.25, 0.3) is 0 Å². The summed E-state index contributed by atoms with van der Waals surface area (Å²) >= 11 is 0. The predicted octanol–water partition coefficient (Wildman–Crippen LogP) is 6.84. The summed E-state index contributed by atoms with van der Waals surface area (Å²) in [5, 5.41) is 11.0. The van der Waals surface area contributed by atoms with Crippen LogP contribution < -0.4 is 49.9 Å². The number of carbonyl (C=O) groups excluding carboxylic acids is 5. The SMILES string of the molecule is CCCCCCCCCCCCCCCCN(CCCCCCCCCCCCCCCC)CCNC(=O)[C@@H](CCCCN)NC(=O)[C@H](CCCN=C(N)N)NC(=O)CNC(=O)C(N)CC(N)=O. The summed E-state index contributed by atoms with van der Waals surface area (Å²) in [5.41, 5.74) is 27.6. The van der Waals surface area contributed by atoms with E-state index in [-0.39, 0.29) is 31.3 Å². The van der Waals surface area contributed by atoms with E-state index in [1.807, 2.05) is 0 Å². The molecule has 0 aliphatic heterocycles. The van der Waals surface area contributed by atoms with E-state index in [0.717, 1.165) is 32.5 Å². The molecule has 0 fully saturated rings. The largest absolute Gasteiger partial charge is 0.370 e. The third-order valence-electron chi connectivity index (χ3n) is 12.7. The zero-order chi connectivity index (χ0) is 50.3. The summed E-state index contributed by atoms with van der Waals surface area (Å²) in [6, 6.07) is -3.11. The van der Waals surface area contributed by atoms with E-state index < -0.39 is 48.3 Å². The van der Waals surface area contributed by atoms with Gasteiger partial charge in [0.05, 0.1) is 19.0 Å². The summed E-state index contributed by atoms with van der Waals surface area (Å²) in [5.74, 6) is -3.08. The highest BCUT2D eigenvalue weighted by Crippen LogP contribution is 2.15. The van der Waals surface area contributed by atoms with Crippen LogP contribution in [0.3, 0.4) is 0 Å². The van der Waals surface area contributed by atoms with E-state index in [0.29, 0.717) is 38.8 Å². The third kappa shape index (κ3) is 41.5. The first-order valence-electron chi connectivity index (χ1n) is 27.6. The Morgan fingerprint density at radius 2 is 0.912 bits per heavy atom. The topological polar surface area (TPSA) is 279 Å². The second-order valence-electron chi connectivity index (χ2n) is 19.2. The molecule has 0 heterocycles. The lowest BCUT2D eigenvalue weighted by atomic mass is 10.0. The third-order valence-corrected chi connectivity index (χ3v) is 12.7. The molecule has 0 spiro atoms. The Morgan fingerprint density at radius 1 is 0.485 bits per heavy atom. The number of hydrogen-bond donors (Lipinski definition) is 9. The second-order valence-corrected chi connectivity index (χ2v) is 19.2. The Labute approximate surface area is 414 Å². The fourth-order valence-electron chi connectivity index (χ4n) is 8.52. The first kappa shape index (κ1) is 64.5. The maximum Gasteiger partial charge on any atom is 0.243 e. The second kappa shape index (κ2) is 47.2. The van der Waals surface area contributed by atoms with Crippen molar-refractivity contribution in [3.05, 3.63) is 0 Å². The number of carbonyl (C=O) groups is 5. The highest BCUT2D eigenvalue weighted by molar-refractivity contribution is 5.94. The van der Waals surface area contributed by atoms with Crippen LogP contribution in [0.15, 0.2) is 4.99 Å². The first-order valence-corrected chi connectivity index (χ1v) is 27.6. The van der Waals surface area contributed by atoms with Crippen molar-refractivity contribution in [1.82, 2.24) is 26.2 Å². The van der Waals surface area contributed by atoms with Crippen molar-refractivity contribution < 1.29 is 24.0 Å². The van der Waals surface area contributed by atoms with Crippen molar-refractivity contribution in [1.29, 1.82) is 0 Å². The van der Waals surface area contributed by atoms with Crippen molar-refractivity contribution in [3.63, 3.8) is 0 Å². The summed E-state index contributed by atoms with van der Waals surface area (Å²) in [7, 11) is 0. The number of unbranched alkanes of at least 4 members (excludes halogenated alkanes) is 27. The summed E-state index contributed by atoms with van der Waals surface area (Å²) in [6.45, 7) is 7.91. The van der Waals surface area contributed by atoms with Gasteiger partial charge < -0.3 is 54.8 Å². The molecule has 14 N–H and O–H groups in total. The smallest absolute Gasteiger partial charge is 0.243 e. The fourth-order valence-corrected chi connectivity index (χ4v) is 8.52. The molecule has 0 saturated heterocycles. The highest BCUT2D eigenvalue weighted by Gasteiger charge is 2.27. The van der Waals surface area contributed by atoms with E-state index in [1.54, 1.807) is 0 Å². The lowest BCUT2D eigenvalue weighted by molar-refractivity contribution is -0.132. The van der Waals surface area contributed by atoms with Gasteiger partial charge in [-0.1, -0.05) is 181 Å². The van der Waals surface area contributed by atoms with Gasteiger partial charge in [0.2, 0.25) is 29.5 Å². The quantitative estimate of drug-likeness (QED) is 0.0174. The maximum atomic E-state index is 13.7. The van der Waals surface area contributed by atoms with E-state index in [1.165, 1.54) is 167 Å². The van der Waals surface area contributed by atoms with Gasteiger partial charge in [0.25, 0.3) is 0 Å². The molecule has 0 aliphatic carbocycles. The van der Waals surface area contributed by atoms with Crippen LogP contribution in [0, 0.1) is 0 Å². The molecule has 0 rings (SSSR count). The monoisotopic (exact) mass is 964 g/mol. The number of nitrogens with zero attached hydrogens (tertiary/aromatic N) is 2. The van der Waals surface area contributed by atoms with Crippen LogP contribution in [0.4, 0.5) is 0 Å². The number of nitrogens with two attached hydrogens (primary N) is 5. The Kier molecular flexibility index (Phi) is 44.8. The minimum Gasteiger partial charge on any atom is -0.370 e. The molecule has 16 heteroatoms. The molecule has 5 amide bonds. The van der Waals surface area contributed by atoms with Gasteiger partial charge in [0.15, 0.2) is 5.96 Å². The Bertz CT molecular complexity index is 1250. The molecule has 0 bridgehead atoms. The van der Waals surface area contributed by atoms with Crippen molar-refractivity contribution in [2.45, 2.75) is 250 Å². The Morgan fingerprint density at radius 3 is 1.34 bits per heavy atom. The number of guanidine groups is 1. The normalized spacial score (nSPS) is 12.6. The van der Waals surface area contributed by atoms with Gasteiger partial charge in [-0.3, -0.25) is 29.0 Å². The van der Waals surface area contributed by atoms with Gasteiger partial charge in [-0.2, -0.15) is 0 Å². The van der Waals surface area contributed by atoms with E-state index in [2.05, 4.69) is 45.0 Å². The summed E-state index contributed by atoms with van der Waals surface area (Å²) < 4.78 is 0. The zero-order valence-corrected chi connectivity index (χ0v) is 43.5. The van der Waals surface area contributed by atoms with Crippen LogP contribution >= 0.6 is 0 Å². The lowest BCUT2D eigenvalue weighted by Gasteiger charge is -2.25. The molecule has 398 valence electrons. The molecule has 16 nitrogen and oxygen atoms in total. The number of nitrogens with one attached hydrogen (secondary N) is 4. The van der Waals surface area contributed by atoms with Crippen molar-refractivity contribution in [2.24, 2.45) is 33.7 Å². The molecular weight excluding hydrogens is 859 g/mol. The molecule has 0 saturated carbocycles. The van der Waals surface area contributed by atoms with Gasteiger partial charge in [0.1, 0.15) is 12.1 Å². The minimum absolute atomic E-state index is 0.0978. The zero-order valence-electron chi connectivity index (χ0n) is 43.5. The van der Waals surface area contributed by atoms with E-state index in [4.69, 9.17) is 28.7 Å². The average molecular weight is 964 g/mol. The van der Waals surface area contributed by atoms with Crippen molar-refractivity contribution in [2.75, 3.05) is 45.8 Å². The number of aliphatic imine (C=N–C) groups is 1. The average Bonchev–Trinajstić information content (AvgIpc) is 3.30. The highest BCUT2D eigenvalue weighted by atomic mass is 16.2. The maximum absolute atomic E-state index is 13.7. The number of hydrogen-bond acceptors (Lipinski definition) is 9. The van der Waals surface area contributed by atoms with Gasteiger partial charge in [0, 0.05) is 19.6 Å². The molecule has 68 heavy (non-hydrogen) atoms. The fraction of sp³-hybridized carbons (Fsp3) is 0.885.